The average molecular weight is 166 g/mol. The van der Waals surface area contributed by atoms with Crippen LogP contribution in [0.5, 0.6) is 0 Å². The van der Waals surface area contributed by atoms with Gasteiger partial charge < -0.3 is 5.11 Å². The third kappa shape index (κ3) is 1.45. The van der Waals surface area contributed by atoms with Gasteiger partial charge in [-0.05, 0) is 6.92 Å². The Bertz CT molecular complexity index is 335. The monoisotopic (exact) mass is 166 g/mol. The van der Waals surface area contributed by atoms with Gasteiger partial charge in [0.15, 0.2) is 12.0 Å². The van der Waals surface area contributed by atoms with Crippen molar-refractivity contribution in [2.75, 3.05) is 0 Å². The minimum Gasteiger partial charge on any atom is -0.476 e. The molecule has 0 fully saturated rings. The normalized spacial score (nSPS) is 9.42. The van der Waals surface area contributed by atoms with E-state index in [-0.39, 0.29) is 17.1 Å². The van der Waals surface area contributed by atoms with Crippen LogP contribution in [-0.2, 0) is 0 Å². The topological polar surface area (TPSA) is 80.2 Å². The maximum atomic E-state index is 10.4. The van der Waals surface area contributed by atoms with Crippen LogP contribution in [0.3, 0.4) is 0 Å². The summed E-state index contributed by atoms with van der Waals surface area (Å²) in [6, 6.07) is 0. The first-order valence-electron chi connectivity index (χ1n) is 3.17. The first kappa shape index (κ1) is 8.32. The van der Waals surface area contributed by atoms with E-state index in [1.54, 1.807) is 0 Å². The summed E-state index contributed by atoms with van der Waals surface area (Å²) in [5.74, 6) is -1.14. The Morgan fingerprint density at radius 3 is 2.75 bits per heavy atom. The second kappa shape index (κ2) is 3.08. The molecule has 5 heteroatoms. The van der Waals surface area contributed by atoms with Crippen LogP contribution >= 0.6 is 0 Å². The summed E-state index contributed by atoms with van der Waals surface area (Å²) >= 11 is 0. The Labute approximate surface area is 68.1 Å². The lowest BCUT2D eigenvalue weighted by Gasteiger charge is -1.97. The van der Waals surface area contributed by atoms with Gasteiger partial charge in [0.2, 0.25) is 0 Å². The Hall–Kier alpha value is -1.78. The molecule has 12 heavy (non-hydrogen) atoms. The molecule has 1 aromatic heterocycles. The van der Waals surface area contributed by atoms with Gasteiger partial charge in [0.05, 0.1) is 11.9 Å². The molecule has 0 aliphatic rings. The molecule has 0 amide bonds. The predicted octanol–water partition coefficient (Wildman–Crippen LogP) is 0.296. The lowest BCUT2D eigenvalue weighted by atomic mass is 10.3. The van der Waals surface area contributed by atoms with Crippen LogP contribution in [0.2, 0.25) is 0 Å². The van der Waals surface area contributed by atoms with Crippen LogP contribution in [0, 0.1) is 6.92 Å². The highest BCUT2D eigenvalue weighted by atomic mass is 16.4. The highest BCUT2D eigenvalue weighted by Crippen LogP contribution is 2.00. The van der Waals surface area contributed by atoms with Gasteiger partial charge in [0.25, 0.3) is 0 Å². The van der Waals surface area contributed by atoms with Crippen molar-refractivity contribution in [3.8, 4) is 0 Å². The summed E-state index contributed by atoms with van der Waals surface area (Å²) in [4.78, 5) is 27.9. The van der Waals surface area contributed by atoms with Crippen molar-refractivity contribution in [1.29, 1.82) is 0 Å². The largest absolute Gasteiger partial charge is 0.476 e. The Morgan fingerprint density at radius 1 is 1.67 bits per heavy atom. The molecule has 0 saturated carbocycles. The summed E-state index contributed by atoms with van der Waals surface area (Å²) in [6.45, 7) is 1.49. The average Bonchev–Trinajstić information content (AvgIpc) is 2.03. The Kier molecular flexibility index (Phi) is 2.14. The molecule has 0 atom stereocenters. The molecule has 0 saturated heterocycles. The molecule has 0 aromatic carbocycles. The molecule has 0 aliphatic carbocycles. The first-order valence-corrected chi connectivity index (χ1v) is 3.17. The van der Waals surface area contributed by atoms with Crippen LogP contribution in [0.4, 0.5) is 0 Å². The quantitative estimate of drug-likeness (QED) is 0.639. The van der Waals surface area contributed by atoms with Gasteiger partial charge in [-0.3, -0.25) is 4.79 Å². The van der Waals surface area contributed by atoms with Crippen molar-refractivity contribution in [2.45, 2.75) is 6.92 Å². The first-order chi connectivity index (χ1) is 5.65. The van der Waals surface area contributed by atoms with Crippen LogP contribution in [0.1, 0.15) is 26.7 Å². The number of aryl methyl sites for hydroxylation is 1. The predicted molar refractivity (Wildman–Crippen MR) is 39.1 cm³/mol. The van der Waals surface area contributed by atoms with E-state index >= 15 is 0 Å². The maximum Gasteiger partial charge on any atom is 0.356 e. The highest BCUT2D eigenvalue weighted by molar-refractivity contribution is 5.86. The summed E-state index contributed by atoms with van der Waals surface area (Å²) in [5.41, 5.74) is 0.255. The molecule has 1 heterocycles. The zero-order valence-corrected chi connectivity index (χ0v) is 6.31. The van der Waals surface area contributed by atoms with Crippen molar-refractivity contribution in [3.05, 3.63) is 23.3 Å². The van der Waals surface area contributed by atoms with Crippen molar-refractivity contribution in [2.24, 2.45) is 0 Å². The number of rotatable bonds is 2. The summed E-state index contributed by atoms with van der Waals surface area (Å²) in [7, 11) is 0. The van der Waals surface area contributed by atoms with Crippen LogP contribution < -0.4 is 0 Å². The van der Waals surface area contributed by atoms with Crippen LogP contribution in [-0.4, -0.2) is 27.3 Å². The van der Waals surface area contributed by atoms with E-state index in [9.17, 15) is 9.59 Å². The minimum atomic E-state index is -1.14. The summed E-state index contributed by atoms with van der Waals surface area (Å²) in [5, 5.41) is 8.54. The molecule has 1 aromatic rings. The zero-order valence-electron chi connectivity index (χ0n) is 6.31. The number of aromatic nitrogens is 2. The smallest absolute Gasteiger partial charge is 0.356 e. The number of hydrogen-bond donors (Lipinski definition) is 1. The fourth-order valence-electron chi connectivity index (χ4n) is 0.766. The second-order valence-electron chi connectivity index (χ2n) is 2.15. The molecule has 1 rings (SSSR count). The molecule has 0 unspecified atom stereocenters. The van der Waals surface area contributed by atoms with Crippen molar-refractivity contribution in [1.82, 2.24) is 9.97 Å². The zero-order chi connectivity index (χ0) is 9.14. The third-order valence-electron chi connectivity index (χ3n) is 1.29. The Morgan fingerprint density at radius 2 is 2.33 bits per heavy atom. The number of hydrogen-bond acceptors (Lipinski definition) is 4. The summed E-state index contributed by atoms with van der Waals surface area (Å²) in [6.07, 6.45) is 1.65. The number of carbonyl (C=O) groups excluding carboxylic acids is 1. The fourth-order valence-corrected chi connectivity index (χ4v) is 0.766. The van der Waals surface area contributed by atoms with E-state index < -0.39 is 5.97 Å². The van der Waals surface area contributed by atoms with Crippen LogP contribution in [0.15, 0.2) is 6.20 Å². The van der Waals surface area contributed by atoms with Crippen molar-refractivity contribution in [3.63, 3.8) is 0 Å². The lowest BCUT2D eigenvalue weighted by Crippen LogP contribution is -2.06. The SMILES string of the molecule is Cc1nc(C=O)cnc1C(=O)O. The number of carboxylic acid groups (broad SMARTS) is 1. The number of nitrogens with zero attached hydrogens (tertiary/aromatic N) is 2. The molecule has 5 nitrogen and oxygen atoms in total. The molecule has 0 bridgehead atoms. The van der Waals surface area contributed by atoms with Gasteiger partial charge in [-0.1, -0.05) is 0 Å². The lowest BCUT2D eigenvalue weighted by molar-refractivity contribution is 0.0688. The second-order valence-corrected chi connectivity index (χ2v) is 2.15. The number of carboxylic acids is 1. The maximum absolute atomic E-state index is 10.4. The Balaban J connectivity index is 3.20. The highest BCUT2D eigenvalue weighted by Gasteiger charge is 2.09. The van der Waals surface area contributed by atoms with E-state index in [1.807, 2.05) is 0 Å². The van der Waals surface area contributed by atoms with E-state index in [4.69, 9.17) is 5.11 Å². The standard InChI is InChI=1S/C7H6N2O3/c1-4-6(7(11)12)8-2-5(3-10)9-4/h2-3H,1H3,(H,11,12). The molecule has 0 spiro atoms. The van der Waals surface area contributed by atoms with Gasteiger partial charge in [-0.2, -0.15) is 0 Å². The van der Waals surface area contributed by atoms with E-state index in [2.05, 4.69) is 9.97 Å². The third-order valence-corrected chi connectivity index (χ3v) is 1.29. The van der Waals surface area contributed by atoms with E-state index in [0.717, 1.165) is 6.20 Å². The van der Waals surface area contributed by atoms with Gasteiger partial charge in [-0.15, -0.1) is 0 Å². The molecule has 0 aliphatic heterocycles. The molecule has 1 N–H and O–H groups in total. The van der Waals surface area contributed by atoms with Gasteiger partial charge in [0.1, 0.15) is 5.69 Å². The van der Waals surface area contributed by atoms with E-state index in [0.29, 0.717) is 6.29 Å². The van der Waals surface area contributed by atoms with Crippen molar-refractivity contribution < 1.29 is 14.7 Å². The molecular formula is C7H6N2O3. The number of carbonyl (C=O) groups is 2. The van der Waals surface area contributed by atoms with Gasteiger partial charge in [-0.25, -0.2) is 14.8 Å². The van der Waals surface area contributed by atoms with Crippen LogP contribution in [0.25, 0.3) is 0 Å². The van der Waals surface area contributed by atoms with Gasteiger partial charge in [0, 0.05) is 0 Å². The van der Waals surface area contributed by atoms with E-state index in [1.165, 1.54) is 6.92 Å². The minimum absolute atomic E-state index is 0.124. The van der Waals surface area contributed by atoms with Gasteiger partial charge >= 0.3 is 5.97 Å². The summed E-state index contributed by atoms with van der Waals surface area (Å²) < 4.78 is 0. The van der Waals surface area contributed by atoms with Crippen molar-refractivity contribution >= 4 is 12.3 Å². The number of aldehydes is 1. The fraction of sp³-hybridized carbons (Fsp3) is 0.143. The molecular weight excluding hydrogens is 160 g/mol. The molecule has 0 radical (unpaired) electrons. The molecule has 62 valence electrons. The number of aromatic carboxylic acids is 1.